The summed E-state index contributed by atoms with van der Waals surface area (Å²) in [6.07, 6.45) is -3.10. The summed E-state index contributed by atoms with van der Waals surface area (Å²) in [5.74, 6) is 0. The molecule has 1 aromatic heterocycles. The number of urea groups is 1. The lowest BCUT2D eigenvalue weighted by molar-refractivity contribution is -0.137. The molecule has 12 heteroatoms. The first-order valence-corrected chi connectivity index (χ1v) is 12.7. The van der Waals surface area contributed by atoms with E-state index < -0.39 is 28.7 Å². The minimum Gasteiger partial charge on any atom is -0.338 e. The van der Waals surface area contributed by atoms with E-state index in [1.54, 1.807) is 0 Å². The fourth-order valence-electron chi connectivity index (χ4n) is 3.52. The summed E-state index contributed by atoms with van der Waals surface area (Å²) in [7, 11) is -2.62. The molecule has 0 bridgehead atoms. The number of benzene rings is 3. The fraction of sp³-hybridized carbons (Fsp3) is 0.154. The number of hydrogen-bond acceptors (Lipinski definition) is 4. The van der Waals surface area contributed by atoms with Crippen LogP contribution < -0.4 is 15.8 Å². The second kappa shape index (κ2) is 13.4. The average Bonchev–Trinajstić information content (AvgIpc) is 3.31. The van der Waals surface area contributed by atoms with Gasteiger partial charge in [0.15, 0.2) is 10.9 Å². The van der Waals surface area contributed by atoms with Crippen molar-refractivity contribution in [3.05, 3.63) is 102 Å². The Hall–Kier alpha value is -4.16. The molecule has 1 heterocycles. The largest absolute Gasteiger partial charge is 0.416 e. The number of anilines is 1. The topological polar surface area (TPSA) is 119 Å². The lowest BCUT2D eigenvalue weighted by Gasteiger charge is -2.09. The van der Waals surface area contributed by atoms with Gasteiger partial charge in [-0.1, -0.05) is 48.5 Å². The molecule has 4 rings (SSSR count). The molecule has 0 fully saturated rings. The van der Waals surface area contributed by atoms with E-state index in [4.69, 9.17) is 13.5 Å². The van der Waals surface area contributed by atoms with Gasteiger partial charge in [0.2, 0.25) is 0 Å². The molecule has 0 unspecified atom stereocenters. The van der Waals surface area contributed by atoms with Crippen LogP contribution in [0.2, 0.25) is 0 Å². The number of para-hydroxylation sites is 1. The number of carbonyl (C=O) groups excluding carboxylic acids is 1. The number of hydrogen-bond donors (Lipinski definition) is 4. The van der Waals surface area contributed by atoms with Gasteiger partial charge < -0.3 is 10.6 Å². The van der Waals surface area contributed by atoms with Crippen molar-refractivity contribution < 1.29 is 26.4 Å². The van der Waals surface area contributed by atoms with E-state index in [0.29, 0.717) is 25.1 Å². The van der Waals surface area contributed by atoms with Crippen LogP contribution in [0.4, 0.5) is 23.7 Å². The highest BCUT2D eigenvalue weighted by Crippen LogP contribution is 2.29. The van der Waals surface area contributed by atoms with Crippen LogP contribution in [0.3, 0.4) is 0 Å². The SMILES string of the molecule is N[SH](=O)=O.O=C(NCCCc1cc(-c2ccccc2)n(-c2ccccc2)n1)Nc1ccc(C(F)(F)F)cc1. The van der Waals surface area contributed by atoms with E-state index >= 15 is 0 Å². The van der Waals surface area contributed by atoms with Gasteiger partial charge in [0.05, 0.1) is 22.6 Å². The third kappa shape index (κ3) is 8.75. The molecular formula is C26H26F3N5O3S. The Morgan fingerprint density at radius 1 is 0.921 bits per heavy atom. The number of nitrogens with one attached hydrogen (secondary N) is 2. The molecular weight excluding hydrogens is 519 g/mol. The summed E-state index contributed by atoms with van der Waals surface area (Å²) < 4.78 is 57.5. The zero-order valence-electron chi connectivity index (χ0n) is 20.1. The van der Waals surface area contributed by atoms with Crippen molar-refractivity contribution in [1.82, 2.24) is 15.1 Å². The number of amides is 2. The number of nitrogens with two attached hydrogens (primary N) is 1. The Balaban J connectivity index is 0.000000934. The summed E-state index contributed by atoms with van der Waals surface area (Å²) in [6, 6.07) is 25.8. The van der Waals surface area contributed by atoms with Crippen molar-refractivity contribution in [2.45, 2.75) is 19.0 Å². The lowest BCUT2D eigenvalue weighted by atomic mass is 10.1. The molecule has 0 radical (unpaired) electrons. The van der Waals surface area contributed by atoms with Crippen molar-refractivity contribution in [3.63, 3.8) is 0 Å². The Morgan fingerprint density at radius 2 is 1.50 bits per heavy atom. The second-order valence-corrected chi connectivity index (χ2v) is 8.55. The highest BCUT2D eigenvalue weighted by Gasteiger charge is 2.30. The molecule has 0 saturated heterocycles. The molecule has 8 nitrogen and oxygen atoms in total. The molecule has 38 heavy (non-hydrogen) atoms. The van der Waals surface area contributed by atoms with E-state index in [9.17, 15) is 18.0 Å². The van der Waals surface area contributed by atoms with Gasteiger partial charge in [0.25, 0.3) is 0 Å². The van der Waals surface area contributed by atoms with E-state index in [1.807, 2.05) is 71.4 Å². The highest BCUT2D eigenvalue weighted by atomic mass is 32.2. The zero-order valence-corrected chi connectivity index (χ0v) is 21.0. The Kier molecular flexibility index (Phi) is 10.0. The van der Waals surface area contributed by atoms with Crippen LogP contribution in [0, 0.1) is 0 Å². The maximum Gasteiger partial charge on any atom is 0.416 e. The van der Waals surface area contributed by atoms with Gasteiger partial charge in [-0.2, -0.15) is 18.3 Å². The molecule has 0 aliphatic heterocycles. The maximum atomic E-state index is 12.6. The highest BCUT2D eigenvalue weighted by molar-refractivity contribution is 7.69. The normalized spacial score (nSPS) is 11.0. The summed E-state index contributed by atoms with van der Waals surface area (Å²) in [5.41, 5.74) is 3.42. The molecule has 4 N–H and O–H groups in total. The van der Waals surface area contributed by atoms with E-state index in [2.05, 4.69) is 15.8 Å². The van der Waals surface area contributed by atoms with Crippen molar-refractivity contribution in [1.29, 1.82) is 0 Å². The van der Waals surface area contributed by atoms with Crippen LogP contribution in [0.25, 0.3) is 16.9 Å². The van der Waals surface area contributed by atoms with Crippen molar-refractivity contribution in [3.8, 4) is 16.9 Å². The maximum absolute atomic E-state index is 12.6. The predicted molar refractivity (Wildman–Crippen MR) is 140 cm³/mol. The minimum atomic E-state index is -4.41. The lowest BCUT2D eigenvalue weighted by Crippen LogP contribution is -2.29. The van der Waals surface area contributed by atoms with Gasteiger partial charge in [0, 0.05) is 17.8 Å². The molecule has 0 spiro atoms. The number of alkyl halides is 3. The minimum absolute atomic E-state index is 0.291. The van der Waals surface area contributed by atoms with Gasteiger partial charge in [-0.3, -0.25) is 0 Å². The van der Waals surface area contributed by atoms with E-state index in [1.165, 1.54) is 12.1 Å². The van der Waals surface area contributed by atoms with Gasteiger partial charge in [-0.05, 0) is 55.3 Å². The molecule has 0 saturated carbocycles. The zero-order chi connectivity index (χ0) is 27.5. The molecule has 2 amide bonds. The third-order valence-corrected chi connectivity index (χ3v) is 5.20. The summed E-state index contributed by atoms with van der Waals surface area (Å²) >= 11 is 0. The predicted octanol–water partition coefficient (Wildman–Crippen LogP) is 4.78. The fourth-order valence-corrected chi connectivity index (χ4v) is 3.52. The summed E-state index contributed by atoms with van der Waals surface area (Å²) in [5, 5.41) is 14.1. The smallest absolute Gasteiger partial charge is 0.338 e. The quantitative estimate of drug-likeness (QED) is 0.197. The molecule has 3 aromatic carbocycles. The van der Waals surface area contributed by atoms with Crippen LogP contribution in [0.1, 0.15) is 17.7 Å². The number of nitrogens with zero attached hydrogens (tertiary/aromatic N) is 2. The monoisotopic (exact) mass is 545 g/mol. The van der Waals surface area contributed by atoms with Crippen molar-refractivity contribution >= 4 is 22.6 Å². The van der Waals surface area contributed by atoms with Crippen LogP contribution >= 0.6 is 0 Å². The van der Waals surface area contributed by atoms with Crippen LogP contribution in [-0.2, 0) is 23.5 Å². The van der Waals surface area contributed by atoms with Gasteiger partial charge >= 0.3 is 12.2 Å². The third-order valence-electron chi connectivity index (χ3n) is 5.20. The number of carbonyl (C=O) groups is 1. The molecule has 0 aliphatic rings. The van der Waals surface area contributed by atoms with E-state index in [-0.39, 0.29) is 0 Å². The Morgan fingerprint density at radius 3 is 2.08 bits per heavy atom. The van der Waals surface area contributed by atoms with Crippen LogP contribution in [0.5, 0.6) is 0 Å². The Labute approximate surface area is 219 Å². The van der Waals surface area contributed by atoms with Crippen molar-refractivity contribution in [2.24, 2.45) is 5.14 Å². The number of aryl methyl sites for hydroxylation is 1. The standard InChI is InChI=1S/C26H23F3N4O.H3NO2S/c27-26(28,29)20-13-15-21(16-14-20)31-25(34)30-17-7-10-22-18-24(19-8-3-1-4-9-19)33(32-22)23-11-5-2-6-12-23;1-4(2)3/h1-6,8-9,11-16,18H,7,10,17H2,(H2,30,31,34);4H,(H2,1,2,3). The molecule has 0 atom stereocenters. The number of thiol groups is 1. The number of halogens is 3. The second-order valence-electron chi connectivity index (χ2n) is 7.98. The average molecular weight is 546 g/mol. The molecule has 200 valence electrons. The van der Waals surface area contributed by atoms with Gasteiger partial charge in [0.1, 0.15) is 0 Å². The van der Waals surface area contributed by atoms with Gasteiger partial charge in [-0.15, -0.1) is 0 Å². The first-order chi connectivity index (χ1) is 18.1. The molecule has 0 aliphatic carbocycles. The van der Waals surface area contributed by atoms with Crippen molar-refractivity contribution in [2.75, 3.05) is 11.9 Å². The van der Waals surface area contributed by atoms with E-state index in [0.717, 1.165) is 34.8 Å². The Bertz CT molecular complexity index is 1330. The number of rotatable bonds is 7. The van der Waals surface area contributed by atoms with Crippen LogP contribution in [0.15, 0.2) is 91.0 Å². The number of aromatic nitrogens is 2. The summed E-state index contributed by atoms with van der Waals surface area (Å²) in [4.78, 5) is 12.1. The first-order valence-electron chi connectivity index (χ1n) is 11.4. The molecule has 4 aromatic rings. The first kappa shape index (κ1) is 28.4. The summed E-state index contributed by atoms with van der Waals surface area (Å²) in [6.45, 7) is 0.394. The van der Waals surface area contributed by atoms with Gasteiger partial charge in [-0.25, -0.2) is 23.0 Å². The van der Waals surface area contributed by atoms with Crippen LogP contribution in [-0.4, -0.2) is 30.8 Å².